The van der Waals surface area contributed by atoms with E-state index in [9.17, 15) is 18.4 Å². The van der Waals surface area contributed by atoms with Gasteiger partial charge in [-0.1, -0.05) is 6.07 Å². The van der Waals surface area contributed by atoms with Crippen molar-refractivity contribution < 1.29 is 22.8 Å². The van der Waals surface area contributed by atoms with E-state index in [4.69, 9.17) is 4.42 Å². The zero-order valence-corrected chi connectivity index (χ0v) is 12.2. The van der Waals surface area contributed by atoms with Crippen molar-refractivity contribution in [2.24, 2.45) is 0 Å². The maximum absolute atomic E-state index is 13.6. The number of rotatable bonds is 5. The van der Waals surface area contributed by atoms with Gasteiger partial charge in [0.05, 0.1) is 12.8 Å². The lowest BCUT2D eigenvalue weighted by molar-refractivity contribution is -0.121. The smallest absolute Gasteiger partial charge is 0.305 e. The van der Waals surface area contributed by atoms with Crippen LogP contribution in [-0.2, 0) is 4.79 Å². The average Bonchev–Trinajstić information content (AvgIpc) is 3.04. The van der Waals surface area contributed by atoms with Crippen molar-refractivity contribution in [3.63, 3.8) is 0 Å². The highest BCUT2D eigenvalue weighted by Crippen LogP contribution is 2.17. The highest BCUT2D eigenvalue weighted by Gasteiger charge is 2.14. The summed E-state index contributed by atoms with van der Waals surface area (Å²) in [5, 5.41) is 2.77. The van der Waals surface area contributed by atoms with E-state index in [0.717, 1.165) is 12.1 Å². The minimum absolute atomic E-state index is 0.0556. The van der Waals surface area contributed by atoms with Gasteiger partial charge in [-0.05, 0) is 25.1 Å². The second-order valence-electron chi connectivity index (χ2n) is 4.75. The molecule has 0 bridgehead atoms. The maximum Gasteiger partial charge on any atom is 0.305 e. The molecule has 0 saturated carbocycles. The second-order valence-corrected chi connectivity index (χ2v) is 4.75. The SMILES string of the molecule is C[C@@H](NCC(=O)NNC(=O)c1ccco1)c1ccc(F)cc1F. The normalized spacial score (nSPS) is 11.8. The van der Waals surface area contributed by atoms with E-state index in [1.165, 1.54) is 24.5 Å². The van der Waals surface area contributed by atoms with Crippen LogP contribution in [-0.4, -0.2) is 18.4 Å². The molecule has 1 aromatic heterocycles. The third-order valence-corrected chi connectivity index (χ3v) is 3.06. The summed E-state index contributed by atoms with van der Waals surface area (Å²) >= 11 is 0. The largest absolute Gasteiger partial charge is 0.459 e. The first-order valence-corrected chi connectivity index (χ1v) is 6.78. The molecule has 0 unspecified atom stereocenters. The van der Waals surface area contributed by atoms with Crippen molar-refractivity contribution in [1.29, 1.82) is 0 Å². The van der Waals surface area contributed by atoms with Crippen LogP contribution in [0, 0.1) is 11.6 Å². The van der Waals surface area contributed by atoms with Crippen molar-refractivity contribution in [3.05, 3.63) is 59.6 Å². The highest BCUT2D eigenvalue weighted by atomic mass is 19.1. The number of hydrogen-bond acceptors (Lipinski definition) is 4. The number of amides is 2. The Morgan fingerprint density at radius 3 is 2.65 bits per heavy atom. The highest BCUT2D eigenvalue weighted by molar-refractivity contribution is 5.93. The summed E-state index contributed by atoms with van der Waals surface area (Å²) in [6, 6.07) is 5.69. The third kappa shape index (κ3) is 4.62. The summed E-state index contributed by atoms with van der Waals surface area (Å²) in [4.78, 5) is 23.1. The molecule has 2 rings (SSSR count). The van der Waals surface area contributed by atoms with Gasteiger partial charge in [-0.3, -0.25) is 20.4 Å². The van der Waals surface area contributed by atoms with E-state index < -0.39 is 29.5 Å². The Hall–Kier alpha value is -2.74. The van der Waals surface area contributed by atoms with Gasteiger partial charge >= 0.3 is 5.91 Å². The van der Waals surface area contributed by atoms with E-state index in [1.54, 1.807) is 6.92 Å². The van der Waals surface area contributed by atoms with E-state index in [-0.39, 0.29) is 17.9 Å². The van der Waals surface area contributed by atoms with Gasteiger partial charge in [0.2, 0.25) is 0 Å². The molecule has 1 atom stereocenters. The van der Waals surface area contributed by atoms with Gasteiger partial charge in [-0.15, -0.1) is 0 Å². The molecule has 0 aliphatic carbocycles. The topological polar surface area (TPSA) is 83.4 Å². The molecule has 0 spiro atoms. The minimum atomic E-state index is -0.698. The summed E-state index contributed by atoms with van der Waals surface area (Å²) in [6.45, 7) is 1.46. The Labute approximate surface area is 130 Å². The van der Waals surface area contributed by atoms with Crippen molar-refractivity contribution in [3.8, 4) is 0 Å². The Bertz CT molecular complexity index is 689. The van der Waals surface area contributed by atoms with E-state index in [1.807, 2.05) is 0 Å². The minimum Gasteiger partial charge on any atom is -0.459 e. The number of carbonyl (C=O) groups excluding carboxylic acids is 2. The van der Waals surface area contributed by atoms with Crippen LogP contribution in [0.2, 0.25) is 0 Å². The predicted octanol–water partition coefficient (Wildman–Crippen LogP) is 1.67. The number of halogens is 2. The van der Waals surface area contributed by atoms with Crippen LogP contribution in [0.4, 0.5) is 8.78 Å². The van der Waals surface area contributed by atoms with Crippen molar-refractivity contribution >= 4 is 11.8 Å². The van der Waals surface area contributed by atoms with Crippen LogP contribution >= 0.6 is 0 Å². The van der Waals surface area contributed by atoms with Crippen molar-refractivity contribution in [2.45, 2.75) is 13.0 Å². The monoisotopic (exact) mass is 323 g/mol. The molecular weight excluding hydrogens is 308 g/mol. The molecule has 8 heteroatoms. The number of hydrogen-bond donors (Lipinski definition) is 3. The van der Waals surface area contributed by atoms with Crippen LogP contribution in [0.1, 0.15) is 29.1 Å². The Kier molecular flexibility index (Phi) is 5.42. The summed E-state index contributed by atoms with van der Waals surface area (Å²) in [7, 11) is 0. The van der Waals surface area contributed by atoms with Gasteiger partial charge in [0, 0.05) is 17.7 Å². The molecule has 0 aliphatic rings. The van der Waals surface area contributed by atoms with Crippen LogP contribution in [0.5, 0.6) is 0 Å². The van der Waals surface area contributed by atoms with Crippen LogP contribution < -0.4 is 16.2 Å². The lowest BCUT2D eigenvalue weighted by Gasteiger charge is -2.15. The fourth-order valence-electron chi connectivity index (χ4n) is 1.85. The molecule has 0 radical (unpaired) electrons. The molecule has 0 aliphatic heterocycles. The summed E-state index contributed by atoms with van der Waals surface area (Å²) in [5.74, 6) is -2.44. The van der Waals surface area contributed by atoms with Gasteiger partial charge < -0.3 is 9.73 Å². The maximum atomic E-state index is 13.6. The first kappa shape index (κ1) is 16.6. The number of benzene rings is 1. The molecule has 1 heterocycles. The number of hydrazine groups is 1. The molecule has 2 aromatic rings. The van der Waals surface area contributed by atoms with Gasteiger partial charge in [0.15, 0.2) is 5.76 Å². The third-order valence-electron chi connectivity index (χ3n) is 3.06. The van der Waals surface area contributed by atoms with Gasteiger partial charge in [0.1, 0.15) is 11.6 Å². The Morgan fingerprint density at radius 1 is 1.22 bits per heavy atom. The number of nitrogens with one attached hydrogen (secondary N) is 3. The molecule has 0 saturated heterocycles. The van der Waals surface area contributed by atoms with Crippen molar-refractivity contribution in [1.82, 2.24) is 16.2 Å². The fraction of sp³-hybridized carbons (Fsp3) is 0.200. The molecule has 0 fully saturated rings. The van der Waals surface area contributed by atoms with E-state index in [0.29, 0.717) is 0 Å². The molecular formula is C15H15F2N3O3. The van der Waals surface area contributed by atoms with Crippen LogP contribution in [0.25, 0.3) is 0 Å². The zero-order valence-electron chi connectivity index (χ0n) is 12.2. The summed E-state index contributed by atoms with van der Waals surface area (Å²) in [6.07, 6.45) is 1.33. The standard InChI is InChI=1S/C15H15F2N3O3/c1-9(11-5-4-10(16)7-12(11)17)18-8-14(21)19-20-15(22)13-3-2-6-23-13/h2-7,9,18H,8H2,1H3,(H,19,21)(H,20,22)/t9-/m1/s1. The van der Waals surface area contributed by atoms with Crippen LogP contribution in [0.3, 0.4) is 0 Å². The molecule has 1 aromatic carbocycles. The van der Waals surface area contributed by atoms with Gasteiger partial charge in [-0.25, -0.2) is 8.78 Å². The summed E-state index contributed by atoms with van der Waals surface area (Å²) in [5.41, 5.74) is 4.59. The molecule has 3 N–H and O–H groups in total. The Morgan fingerprint density at radius 2 is 2.00 bits per heavy atom. The number of carbonyl (C=O) groups is 2. The Balaban J connectivity index is 1.78. The number of furan rings is 1. The lowest BCUT2D eigenvalue weighted by Crippen LogP contribution is -2.45. The molecule has 6 nitrogen and oxygen atoms in total. The lowest BCUT2D eigenvalue weighted by atomic mass is 10.1. The predicted molar refractivity (Wildman–Crippen MR) is 77.1 cm³/mol. The van der Waals surface area contributed by atoms with Crippen LogP contribution in [0.15, 0.2) is 41.0 Å². The fourth-order valence-corrected chi connectivity index (χ4v) is 1.85. The van der Waals surface area contributed by atoms with Crippen molar-refractivity contribution in [2.75, 3.05) is 6.54 Å². The molecule has 23 heavy (non-hydrogen) atoms. The first-order valence-electron chi connectivity index (χ1n) is 6.78. The average molecular weight is 323 g/mol. The zero-order chi connectivity index (χ0) is 16.8. The quantitative estimate of drug-likeness (QED) is 0.731. The van der Waals surface area contributed by atoms with Gasteiger partial charge in [-0.2, -0.15) is 0 Å². The van der Waals surface area contributed by atoms with E-state index in [2.05, 4.69) is 16.2 Å². The molecule has 122 valence electrons. The van der Waals surface area contributed by atoms with E-state index >= 15 is 0 Å². The first-order chi connectivity index (χ1) is 11.0. The molecule has 2 amide bonds. The summed E-state index contributed by atoms with van der Waals surface area (Å²) < 4.78 is 31.3. The van der Waals surface area contributed by atoms with Gasteiger partial charge in [0.25, 0.3) is 5.91 Å². The second kappa shape index (κ2) is 7.50.